The minimum Gasteiger partial charge on any atom is -0.332 e. The van der Waals surface area contributed by atoms with Crippen molar-refractivity contribution in [3.05, 3.63) is 0 Å². The van der Waals surface area contributed by atoms with Crippen molar-refractivity contribution < 1.29 is 31.1 Å². The number of carbonyl (C=O) groups is 1. The predicted molar refractivity (Wildman–Crippen MR) is 66.0 cm³/mol. The number of hydrogen-bond acceptors (Lipinski definition) is 2. The summed E-state index contributed by atoms with van der Waals surface area (Å²) in [5.74, 6) is -1.99. The zero-order valence-corrected chi connectivity index (χ0v) is 11.8. The van der Waals surface area contributed by atoms with Crippen LogP contribution in [0, 0.1) is 5.92 Å². The minimum absolute atomic E-state index is 0.0759. The first-order valence-electron chi connectivity index (χ1n) is 7.22. The maximum atomic E-state index is 12.7. The van der Waals surface area contributed by atoms with Crippen molar-refractivity contribution in [3.63, 3.8) is 0 Å². The van der Waals surface area contributed by atoms with E-state index in [4.69, 9.17) is 0 Å². The Kier molecular flexibility index (Phi) is 4.93. The number of alkyl halides is 6. The molecule has 9 heteroatoms. The molecule has 0 spiro atoms. The zero-order chi connectivity index (χ0) is 16.5. The van der Waals surface area contributed by atoms with Gasteiger partial charge in [0.05, 0.1) is 5.92 Å². The molecule has 0 aromatic carbocycles. The van der Waals surface area contributed by atoms with Crippen LogP contribution in [0.15, 0.2) is 0 Å². The summed E-state index contributed by atoms with van der Waals surface area (Å²) in [4.78, 5) is 12.2. The molecule has 3 atom stereocenters. The van der Waals surface area contributed by atoms with E-state index in [1.54, 1.807) is 0 Å². The van der Waals surface area contributed by atoms with Gasteiger partial charge in [0.2, 0.25) is 5.91 Å². The number of halogens is 6. The highest BCUT2D eigenvalue weighted by atomic mass is 19.4. The number of amides is 1. The molecule has 0 aromatic rings. The summed E-state index contributed by atoms with van der Waals surface area (Å²) in [7, 11) is 0. The molecule has 1 aliphatic heterocycles. The topological polar surface area (TPSA) is 32.3 Å². The quantitative estimate of drug-likeness (QED) is 0.806. The maximum Gasteiger partial charge on any atom is 0.406 e. The van der Waals surface area contributed by atoms with Crippen molar-refractivity contribution in [1.82, 2.24) is 10.2 Å². The lowest BCUT2D eigenvalue weighted by Crippen LogP contribution is -2.45. The Hall–Kier alpha value is -0.990. The van der Waals surface area contributed by atoms with Crippen LogP contribution in [0.1, 0.15) is 32.1 Å². The average Bonchev–Trinajstić information content (AvgIpc) is 2.66. The van der Waals surface area contributed by atoms with Gasteiger partial charge in [0, 0.05) is 25.0 Å². The van der Waals surface area contributed by atoms with Crippen molar-refractivity contribution in [1.29, 1.82) is 0 Å². The third kappa shape index (κ3) is 4.76. The van der Waals surface area contributed by atoms with Gasteiger partial charge in [-0.2, -0.15) is 26.3 Å². The van der Waals surface area contributed by atoms with Crippen LogP contribution in [-0.4, -0.2) is 48.3 Å². The van der Waals surface area contributed by atoms with Crippen LogP contribution < -0.4 is 5.32 Å². The molecule has 1 saturated heterocycles. The normalized spacial score (nSPS) is 30.9. The molecule has 128 valence electrons. The second-order valence-electron chi connectivity index (χ2n) is 6.06. The first-order valence-corrected chi connectivity index (χ1v) is 7.22. The van der Waals surface area contributed by atoms with Crippen molar-refractivity contribution >= 4 is 5.91 Å². The Labute approximate surface area is 124 Å². The number of nitrogens with zero attached hydrogens (tertiary/aromatic N) is 1. The second kappa shape index (κ2) is 6.25. The van der Waals surface area contributed by atoms with E-state index in [2.05, 4.69) is 5.32 Å². The molecule has 1 heterocycles. The molecule has 2 aliphatic rings. The summed E-state index contributed by atoms with van der Waals surface area (Å²) in [6.07, 6.45) is -7.81. The number of rotatable bonds is 3. The molecule has 1 amide bonds. The van der Waals surface area contributed by atoms with E-state index in [1.807, 2.05) is 0 Å². The molecule has 2 fully saturated rings. The SMILES string of the molecule is O=C1C[C@H](N[C@H]2CCC[C@H](C(F)(F)F)C2)CN1CC(F)(F)F. The van der Waals surface area contributed by atoms with Gasteiger partial charge in [-0.1, -0.05) is 6.42 Å². The van der Waals surface area contributed by atoms with Gasteiger partial charge in [-0.15, -0.1) is 0 Å². The van der Waals surface area contributed by atoms with Crippen LogP contribution in [0.5, 0.6) is 0 Å². The van der Waals surface area contributed by atoms with E-state index in [9.17, 15) is 31.1 Å². The van der Waals surface area contributed by atoms with Gasteiger partial charge in [0.1, 0.15) is 6.54 Å². The molecule has 0 unspecified atom stereocenters. The van der Waals surface area contributed by atoms with Crippen molar-refractivity contribution in [2.24, 2.45) is 5.92 Å². The standard InChI is InChI=1S/C13H18F6N2O/c14-12(15,16)7-21-6-10(5-11(21)22)20-9-3-1-2-8(4-9)13(17,18)19/h8-10,20H,1-7H2/t8-,9-,10-/m0/s1. The van der Waals surface area contributed by atoms with Crippen molar-refractivity contribution in [2.45, 2.75) is 56.5 Å². The Morgan fingerprint density at radius 2 is 1.77 bits per heavy atom. The van der Waals surface area contributed by atoms with Crippen molar-refractivity contribution in [2.75, 3.05) is 13.1 Å². The number of hydrogen-bond donors (Lipinski definition) is 1. The van der Waals surface area contributed by atoms with E-state index in [-0.39, 0.29) is 25.8 Å². The average molecular weight is 332 g/mol. The largest absolute Gasteiger partial charge is 0.406 e. The summed E-state index contributed by atoms with van der Waals surface area (Å²) in [5.41, 5.74) is 0. The van der Waals surface area contributed by atoms with E-state index in [0.717, 1.165) is 0 Å². The second-order valence-corrected chi connectivity index (χ2v) is 6.06. The van der Waals surface area contributed by atoms with Crippen LogP contribution in [0.3, 0.4) is 0 Å². The maximum absolute atomic E-state index is 12.7. The summed E-state index contributed by atoms with van der Waals surface area (Å²) in [6.45, 7) is -1.41. The fraction of sp³-hybridized carbons (Fsp3) is 0.923. The summed E-state index contributed by atoms with van der Waals surface area (Å²) < 4.78 is 75.1. The number of carbonyl (C=O) groups excluding carboxylic acids is 1. The summed E-state index contributed by atoms with van der Waals surface area (Å²) in [6, 6.07) is -0.907. The Morgan fingerprint density at radius 3 is 2.36 bits per heavy atom. The highest BCUT2D eigenvalue weighted by molar-refractivity contribution is 5.79. The van der Waals surface area contributed by atoms with Crippen LogP contribution in [-0.2, 0) is 4.79 Å². The van der Waals surface area contributed by atoms with Gasteiger partial charge in [-0.25, -0.2) is 0 Å². The Balaban J connectivity index is 1.85. The molecule has 0 radical (unpaired) electrons. The Morgan fingerprint density at radius 1 is 1.09 bits per heavy atom. The zero-order valence-electron chi connectivity index (χ0n) is 11.8. The van der Waals surface area contributed by atoms with Crippen molar-refractivity contribution in [3.8, 4) is 0 Å². The number of likely N-dealkylation sites (tertiary alicyclic amines) is 1. The molecule has 1 N–H and O–H groups in total. The lowest BCUT2D eigenvalue weighted by atomic mass is 9.85. The predicted octanol–water partition coefficient (Wildman–Crippen LogP) is 2.86. The van der Waals surface area contributed by atoms with Gasteiger partial charge in [0.15, 0.2) is 0 Å². The lowest BCUT2D eigenvalue weighted by molar-refractivity contribution is -0.183. The molecule has 2 rings (SSSR count). The molecule has 0 bridgehead atoms. The van der Waals surface area contributed by atoms with Gasteiger partial charge in [0.25, 0.3) is 0 Å². The van der Waals surface area contributed by atoms with Crippen LogP contribution >= 0.6 is 0 Å². The highest BCUT2D eigenvalue weighted by Crippen LogP contribution is 2.37. The van der Waals surface area contributed by atoms with Gasteiger partial charge < -0.3 is 10.2 Å². The molecule has 1 aliphatic carbocycles. The van der Waals surface area contributed by atoms with E-state index >= 15 is 0 Å². The first-order chi connectivity index (χ1) is 10.0. The minimum atomic E-state index is -4.46. The third-order valence-electron chi connectivity index (χ3n) is 4.19. The highest BCUT2D eigenvalue weighted by Gasteiger charge is 2.43. The van der Waals surface area contributed by atoms with E-state index in [0.29, 0.717) is 17.7 Å². The van der Waals surface area contributed by atoms with E-state index < -0.39 is 42.8 Å². The van der Waals surface area contributed by atoms with E-state index in [1.165, 1.54) is 0 Å². The smallest absolute Gasteiger partial charge is 0.332 e. The molecule has 22 heavy (non-hydrogen) atoms. The van der Waals surface area contributed by atoms with Gasteiger partial charge in [-0.05, 0) is 19.3 Å². The van der Waals surface area contributed by atoms with Crippen LogP contribution in [0.4, 0.5) is 26.3 Å². The fourth-order valence-electron chi connectivity index (χ4n) is 3.22. The van der Waals surface area contributed by atoms with Gasteiger partial charge >= 0.3 is 12.4 Å². The van der Waals surface area contributed by atoms with Gasteiger partial charge in [-0.3, -0.25) is 4.79 Å². The monoisotopic (exact) mass is 332 g/mol. The fourth-order valence-corrected chi connectivity index (χ4v) is 3.22. The molecule has 0 aromatic heterocycles. The number of nitrogens with one attached hydrogen (secondary N) is 1. The molecule has 1 saturated carbocycles. The first kappa shape index (κ1) is 17.4. The molecular formula is C13H18F6N2O. The molecule has 3 nitrogen and oxygen atoms in total. The lowest BCUT2D eigenvalue weighted by Gasteiger charge is -2.32. The third-order valence-corrected chi connectivity index (χ3v) is 4.19. The molecular weight excluding hydrogens is 314 g/mol. The summed E-state index contributed by atoms with van der Waals surface area (Å²) >= 11 is 0. The summed E-state index contributed by atoms with van der Waals surface area (Å²) in [5, 5.41) is 2.94. The van der Waals surface area contributed by atoms with Crippen LogP contribution in [0.25, 0.3) is 0 Å². The Bertz CT molecular complexity index is 408. The van der Waals surface area contributed by atoms with Crippen LogP contribution in [0.2, 0.25) is 0 Å².